The predicted molar refractivity (Wildman–Crippen MR) is 115 cm³/mol. The Morgan fingerprint density at radius 3 is 2.61 bits per heavy atom. The molecule has 1 aromatic carbocycles. The summed E-state index contributed by atoms with van der Waals surface area (Å²) >= 11 is 0. The number of piperazine rings is 1. The second kappa shape index (κ2) is 10.2. The van der Waals surface area contributed by atoms with E-state index in [1.165, 1.54) is 0 Å². The van der Waals surface area contributed by atoms with E-state index in [0.29, 0.717) is 25.2 Å². The molecule has 0 saturated carbocycles. The van der Waals surface area contributed by atoms with Crippen molar-refractivity contribution in [1.82, 2.24) is 20.0 Å². The quantitative estimate of drug-likeness (QED) is 0.652. The summed E-state index contributed by atoms with van der Waals surface area (Å²) in [4.78, 5) is 43.4. The molecule has 0 radical (unpaired) electrons. The number of hydrogen-bond donors (Lipinski definition) is 1. The number of rotatable bonds is 7. The average Bonchev–Trinajstić information content (AvgIpc) is 2.81. The molecule has 3 aliphatic rings. The Morgan fingerprint density at radius 2 is 1.84 bits per heavy atom. The Morgan fingerprint density at radius 1 is 1.06 bits per heavy atom. The Labute approximate surface area is 183 Å². The Balaban J connectivity index is 1.24. The zero-order valence-corrected chi connectivity index (χ0v) is 18.1. The van der Waals surface area contributed by atoms with Gasteiger partial charge in [0.1, 0.15) is 12.6 Å². The lowest BCUT2D eigenvalue weighted by atomic mass is 9.98. The van der Waals surface area contributed by atoms with E-state index in [4.69, 9.17) is 4.74 Å². The molecular formula is C23H32N4O4. The first kappa shape index (κ1) is 21.8. The van der Waals surface area contributed by atoms with Gasteiger partial charge in [0, 0.05) is 38.3 Å². The van der Waals surface area contributed by atoms with Crippen molar-refractivity contribution in [3.8, 4) is 0 Å². The van der Waals surface area contributed by atoms with E-state index in [9.17, 15) is 14.4 Å². The van der Waals surface area contributed by atoms with Crippen molar-refractivity contribution in [2.24, 2.45) is 0 Å². The van der Waals surface area contributed by atoms with Crippen LogP contribution in [0.25, 0.3) is 0 Å². The van der Waals surface area contributed by atoms with Gasteiger partial charge in [-0.15, -0.1) is 0 Å². The first-order valence-corrected chi connectivity index (χ1v) is 11.4. The molecule has 3 aliphatic heterocycles. The number of carbonyl (C=O) groups excluding carboxylic acids is 3. The highest BCUT2D eigenvalue weighted by molar-refractivity contribution is 5.95. The van der Waals surface area contributed by atoms with Crippen LogP contribution < -0.4 is 5.32 Å². The van der Waals surface area contributed by atoms with Crippen molar-refractivity contribution >= 4 is 17.7 Å². The highest BCUT2D eigenvalue weighted by Crippen LogP contribution is 2.24. The third kappa shape index (κ3) is 5.43. The second-order valence-electron chi connectivity index (χ2n) is 8.55. The van der Waals surface area contributed by atoms with E-state index >= 15 is 0 Å². The van der Waals surface area contributed by atoms with Gasteiger partial charge in [0.2, 0.25) is 11.8 Å². The Bertz CT molecular complexity index is 791. The molecule has 4 rings (SSSR count). The maximum absolute atomic E-state index is 12.8. The van der Waals surface area contributed by atoms with Crippen LogP contribution in [-0.4, -0.2) is 90.9 Å². The third-order valence-corrected chi connectivity index (χ3v) is 6.38. The number of benzene rings is 1. The zero-order chi connectivity index (χ0) is 21.6. The molecule has 3 amide bonds. The maximum atomic E-state index is 12.8. The lowest BCUT2D eigenvalue weighted by Crippen LogP contribution is -2.60. The highest BCUT2D eigenvalue weighted by atomic mass is 16.5. The van der Waals surface area contributed by atoms with E-state index < -0.39 is 0 Å². The smallest absolute Gasteiger partial charge is 0.251 e. The first-order valence-electron chi connectivity index (χ1n) is 11.4. The van der Waals surface area contributed by atoms with E-state index in [1.807, 2.05) is 12.1 Å². The summed E-state index contributed by atoms with van der Waals surface area (Å²) in [6.45, 7) is 6.32. The summed E-state index contributed by atoms with van der Waals surface area (Å²) in [5.41, 5.74) is 1.53. The number of carbonyl (C=O) groups is 3. The van der Waals surface area contributed by atoms with Gasteiger partial charge in [-0.3, -0.25) is 19.3 Å². The van der Waals surface area contributed by atoms with Crippen LogP contribution in [0.15, 0.2) is 24.3 Å². The summed E-state index contributed by atoms with van der Waals surface area (Å²) in [7, 11) is 0. The Kier molecular flexibility index (Phi) is 7.19. The van der Waals surface area contributed by atoms with Gasteiger partial charge in [-0.05, 0) is 49.9 Å². The molecule has 168 valence electrons. The molecule has 0 aromatic heterocycles. The van der Waals surface area contributed by atoms with E-state index in [2.05, 4.69) is 10.2 Å². The monoisotopic (exact) mass is 428 g/mol. The Hall–Kier alpha value is -2.45. The van der Waals surface area contributed by atoms with Crippen LogP contribution >= 0.6 is 0 Å². The van der Waals surface area contributed by atoms with Gasteiger partial charge in [-0.2, -0.15) is 0 Å². The third-order valence-electron chi connectivity index (χ3n) is 6.38. The van der Waals surface area contributed by atoms with Crippen LogP contribution in [0.1, 0.15) is 41.6 Å². The standard InChI is InChI=1S/C23H32N4O4/c28-21-17-26(23(30)20-4-1-2-11-27(20)21)16-18-5-7-19(8-6-18)22(29)24-9-3-10-25-12-14-31-15-13-25/h5-8,20H,1-4,9-17H2,(H,24,29)/t20-/m0/s1. The van der Waals surface area contributed by atoms with Crippen molar-refractivity contribution in [3.05, 3.63) is 35.4 Å². The number of ether oxygens (including phenoxy) is 1. The molecular weight excluding hydrogens is 396 g/mol. The minimum atomic E-state index is -0.294. The van der Waals surface area contributed by atoms with Crippen LogP contribution in [0, 0.1) is 0 Å². The normalized spacial score (nSPS) is 22.4. The zero-order valence-electron chi connectivity index (χ0n) is 18.1. The summed E-state index contributed by atoms with van der Waals surface area (Å²) in [6, 6.07) is 7.02. The molecule has 31 heavy (non-hydrogen) atoms. The van der Waals surface area contributed by atoms with Crippen LogP contribution in [0.2, 0.25) is 0 Å². The van der Waals surface area contributed by atoms with Crippen LogP contribution in [-0.2, 0) is 20.9 Å². The summed E-state index contributed by atoms with van der Waals surface area (Å²) < 4.78 is 5.34. The molecule has 3 heterocycles. The molecule has 3 saturated heterocycles. The summed E-state index contributed by atoms with van der Waals surface area (Å²) in [5.74, 6) is -0.00522. The van der Waals surface area contributed by atoms with Gasteiger partial charge >= 0.3 is 0 Å². The molecule has 0 bridgehead atoms. The molecule has 0 aliphatic carbocycles. The predicted octanol–water partition coefficient (Wildman–Crippen LogP) is 0.862. The number of fused-ring (bicyclic) bond motifs is 1. The molecule has 3 fully saturated rings. The van der Waals surface area contributed by atoms with Gasteiger partial charge in [0.25, 0.3) is 5.91 Å². The molecule has 0 spiro atoms. The summed E-state index contributed by atoms with van der Waals surface area (Å²) in [5, 5.41) is 2.97. The van der Waals surface area contributed by atoms with E-state index in [1.54, 1.807) is 21.9 Å². The number of nitrogens with one attached hydrogen (secondary N) is 1. The number of morpholine rings is 1. The molecule has 1 aromatic rings. The topological polar surface area (TPSA) is 82.2 Å². The van der Waals surface area contributed by atoms with Crippen molar-refractivity contribution in [1.29, 1.82) is 0 Å². The second-order valence-corrected chi connectivity index (χ2v) is 8.55. The fraction of sp³-hybridized carbons (Fsp3) is 0.609. The van der Waals surface area contributed by atoms with Gasteiger partial charge in [-0.25, -0.2) is 0 Å². The molecule has 1 N–H and O–H groups in total. The van der Waals surface area contributed by atoms with Gasteiger partial charge < -0.3 is 19.9 Å². The summed E-state index contributed by atoms with van der Waals surface area (Å²) in [6.07, 6.45) is 3.63. The number of nitrogens with zero attached hydrogens (tertiary/aromatic N) is 3. The maximum Gasteiger partial charge on any atom is 0.251 e. The minimum absolute atomic E-state index is 0.0392. The van der Waals surface area contributed by atoms with Crippen molar-refractivity contribution < 1.29 is 19.1 Å². The molecule has 1 atom stereocenters. The van der Waals surface area contributed by atoms with Gasteiger partial charge in [-0.1, -0.05) is 12.1 Å². The minimum Gasteiger partial charge on any atom is -0.379 e. The molecule has 0 unspecified atom stereocenters. The average molecular weight is 429 g/mol. The van der Waals surface area contributed by atoms with E-state index in [-0.39, 0.29) is 30.3 Å². The van der Waals surface area contributed by atoms with Crippen molar-refractivity contribution in [2.45, 2.75) is 38.3 Å². The number of piperidine rings is 1. The van der Waals surface area contributed by atoms with Gasteiger partial charge in [0.15, 0.2) is 0 Å². The van der Waals surface area contributed by atoms with Crippen LogP contribution in [0.3, 0.4) is 0 Å². The first-order chi connectivity index (χ1) is 15.1. The number of hydrogen-bond acceptors (Lipinski definition) is 5. The van der Waals surface area contributed by atoms with Crippen LogP contribution in [0.4, 0.5) is 0 Å². The molecule has 8 heteroatoms. The molecule has 8 nitrogen and oxygen atoms in total. The number of amides is 3. The fourth-order valence-corrected chi connectivity index (χ4v) is 4.58. The van der Waals surface area contributed by atoms with Crippen molar-refractivity contribution in [3.63, 3.8) is 0 Å². The lowest BCUT2D eigenvalue weighted by molar-refractivity contribution is -0.158. The SMILES string of the molecule is O=C(NCCCN1CCOCC1)c1ccc(CN2CC(=O)N3CCCC[C@H]3C2=O)cc1. The van der Waals surface area contributed by atoms with Crippen molar-refractivity contribution in [2.75, 3.05) is 52.5 Å². The highest BCUT2D eigenvalue weighted by Gasteiger charge is 2.40. The largest absolute Gasteiger partial charge is 0.379 e. The van der Waals surface area contributed by atoms with E-state index in [0.717, 1.165) is 64.1 Å². The van der Waals surface area contributed by atoms with Gasteiger partial charge in [0.05, 0.1) is 13.2 Å². The lowest BCUT2D eigenvalue weighted by Gasteiger charge is -2.42. The van der Waals surface area contributed by atoms with Crippen LogP contribution in [0.5, 0.6) is 0 Å². The fourth-order valence-electron chi connectivity index (χ4n) is 4.58.